The zero-order chi connectivity index (χ0) is 19.7. The monoisotopic (exact) mass is 391 g/mol. The van der Waals surface area contributed by atoms with E-state index in [-0.39, 0.29) is 11.9 Å². The Hall–Kier alpha value is -1.68. The Morgan fingerprint density at radius 2 is 1.41 bits per heavy atom. The van der Waals surface area contributed by atoms with Crippen LogP contribution in [-0.2, 0) is 34.3 Å². The van der Waals surface area contributed by atoms with Crippen LogP contribution in [0.25, 0.3) is 0 Å². The summed E-state index contributed by atoms with van der Waals surface area (Å²) in [5.41, 5.74) is 5.75. The third kappa shape index (κ3) is 3.88. The lowest BCUT2D eigenvalue weighted by Crippen LogP contribution is -2.48. The second-order valence-corrected chi connectivity index (χ2v) is 9.12. The van der Waals surface area contributed by atoms with Crippen molar-refractivity contribution in [3.05, 3.63) is 70.8 Å². The topological polar surface area (TPSA) is 30.5 Å². The normalized spacial score (nSPS) is 29.8. The van der Waals surface area contributed by atoms with Crippen LogP contribution in [0.4, 0.5) is 0 Å². The Morgan fingerprint density at radius 1 is 0.828 bits per heavy atom. The summed E-state index contributed by atoms with van der Waals surface area (Å²) < 4.78 is 12.2. The van der Waals surface area contributed by atoms with Crippen LogP contribution in [0.2, 0.25) is 0 Å². The first kappa shape index (κ1) is 19.3. The highest BCUT2D eigenvalue weighted by molar-refractivity contribution is 5.35. The van der Waals surface area contributed by atoms with Crippen LogP contribution in [0.1, 0.15) is 60.8 Å². The van der Waals surface area contributed by atoms with E-state index in [1.54, 1.807) is 18.2 Å². The highest BCUT2D eigenvalue weighted by Gasteiger charge is 2.44. The van der Waals surface area contributed by atoms with Crippen LogP contribution >= 0.6 is 0 Å². The van der Waals surface area contributed by atoms with Gasteiger partial charge in [0.05, 0.1) is 5.60 Å². The zero-order valence-corrected chi connectivity index (χ0v) is 17.5. The minimum atomic E-state index is -0.159. The maximum Gasteiger partial charge on any atom is 0.162 e. The van der Waals surface area contributed by atoms with Gasteiger partial charge < -0.3 is 14.8 Å². The quantitative estimate of drug-likeness (QED) is 0.755. The number of ether oxygens (including phenoxy) is 2. The average molecular weight is 392 g/mol. The molecular formula is C26H33NO2. The summed E-state index contributed by atoms with van der Waals surface area (Å²) in [5.74, 6) is 0. The van der Waals surface area contributed by atoms with Gasteiger partial charge in [-0.2, -0.15) is 0 Å². The maximum absolute atomic E-state index is 6.54. The lowest BCUT2D eigenvalue weighted by atomic mass is 9.74. The molecule has 5 rings (SSSR count). The molecule has 2 aromatic carbocycles. The van der Waals surface area contributed by atoms with Crippen LogP contribution < -0.4 is 5.32 Å². The molecule has 0 unspecified atom stereocenters. The second kappa shape index (κ2) is 8.22. The first-order valence-corrected chi connectivity index (χ1v) is 11.4. The maximum atomic E-state index is 6.54. The first-order valence-electron chi connectivity index (χ1n) is 11.4. The molecule has 1 atom stereocenters. The van der Waals surface area contributed by atoms with Gasteiger partial charge in [0.2, 0.25) is 0 Å². The number of nitrogens with one attached hydrogen (secondary N) is 1. The van der Waals surface area contributed by atoms with Gasteiger partial charge in [0.25, 0.3) is 0 Å². The van der Waals surface area contributed by atoms with Crippen LogP contribution in [-0.4, -0.2) is 25.5 Å². The van der Waals surface area contributed by atoms with E-state index < -0.39 is 0 Å². The molecule has 3 heteroatoms. The van der Waals surface area contributed by atoms with E-state index in [1.165, 1.54) is 49.7 Å². The number of rotatable bonds is 3. The number of aryl methyl sites for hydroxylation is 2. The van der Waals surface area contributed by atoms with E-state index in [9.17, 15) is 0 Å². The van der Waals surface area contributed by atoms with Crippen molar-refractivity contribution < 1.29 is 9.47 Å². The fraction of sp³-hybridized carbons (Fsp3) is 0.538. The van der Waals surface area contributed by atoms with Crippen molar-refractivity contribution in [1.82, 2.24) is 5.32 Å². The third-order valence-corrected chi connectivity index (χ3v) is 7.42. The van der Waals surface area contributed by atoms with Crippen molar-refractivity contribution in [3.63, 3.8) is 0 Å². The van der Waals surface area contributed by atoms with Crippen LogP contribution in [0, 0.1) is 0 Å². The van der Waals surface area contributed by atoms with Gasteiger partial charge in [-0.1, -0.05) is 48.5 Å². The number of benzene rings is 2. The minimum absolute atomic E-state index is 0.116. The molecule has 1 aliphatic heterocycles. The number of hydrogen-bond acceptors (Lipinski definition) is 3. The van der Waals surface area contributed by atoms with E-state index in [4.69, 9.17) is 9.47 Å². The average Bonchev–Trinajstić information content (AvgIpc) is 2.98. The summed E-state index contributed by atoms with van der Waals surface area (Å²) in [4.78, 5) is 0. The molecule has 0 aromatic heterocycles. The Bertz CT molecular complexity index is 813. The SMILES string of the molecule is CO[C@H]1Cc2ccccc2C2(CCC(NC3CCc4ccccc4CC3)CC2)O1. The molecule has 0 amide bonds. The molecule has 29 heavy (non-hydrogen) atoms. The van der Waals surface area contributed by atoms with E-state index in [0.717, 1.165) is 19.3 Å². The smallest absolute Gasteiger partial charge is 0.162 e. The van der Waals surface area contributed by atoms with Gasteiger partial charge in [0.1, 0.15) is 0 Å². The fourth-order valence-corrected chi connectivity index (χ4v) is 5.80. The van der Waals surface area contributed by atoms with Gasteiger partial charge in [0, 0.05) is 25.6 Å². The molecule has 2 aliphatic carbocycles. The van der Waals surface area contributed by atoms with Crippen LogP contribution in [0.3, 0.4) is 0 Å². The number of hydrogen-bond donors (Lipinski definition) is 1. The summed E-state index contributed by atoms with van der Waals surface area (Å²) in [6.45, 7) is 0. The largest absolute Gasteiger partial charge is 0.356 e. The van der Waals surface area contributed by atoms with E-state index in [2.05, 4.69) is 53.8 Å². The van der Waals surface area contributed by atoms with Crippen molar-refractivity contribution in [2.75, 3.05) is 7.11 Å². The summed E-state index contributed by atoms with van der Waals surface area (Å²) >= 11 is 0. The molecule has 0 radical (unpaired) electrons. The predicted octanol–water partition coefficient (Wildman–Crippen LogP) is 4.91. The molecule has 154 valence electrons. The Morgan fingerprint density at radius 3 is 2.07 bits per heavy atom. The van der Waals surface area contributed by atoms with Crippen LogP contribution in [0.15, 0.2) is 48.5 Å². The fourth-order valence-electron chi connectivity index (χ4n) is 5.80. The zero-order valence-electron chi connectivity index (χ0n) is 17.5. The first-order chi connectivity index (χ1) is 14.3. The standard InChI is InChI=1S/C26H33NO2/c1-28-25-18-21-8-4-5-9-24(21)26(29-25)16-14-23(15-17-26)27-22-12-10-19-6-2-3-7-20(19)11-13-22/h2-9,22-23,25,27H,10-18H2,1H3/t23?,25-,26?/m1/s1. The molecule has 1 fully saturated rings. The van der Waals surface area contributed by atoms with Crippen molar-refractivity contribution in [2.24, 2.45) is 0 Å². The highest BCUT2D eigenvalue weighted by Crippen LogP contribution is 2.46. The van der Waals surface area contributed by atoms with Crippen LogP contribution in [0.5, 0.6) is 0 Å². The molecule has 3 nitrogen and oxygen atoms in total. The number of fused-ring (bicyclic) bond motifs is 3. The summed E-state index contributed by atoms with van der Waals surface area (Å²) in [7, 11) is 1.77. The van der Waals surface area contributed by atoms with Gasteiger partial charge in [-0.15, -0.1) is 0 Å². The lowest BCUT2D eigenvalue weighted by molar-refractivity contribution is -0.224. The van der Waals surface area contributed by atoms with E-state index >= 15 is 0 Å². The Labute approximate surface area is 174 Å². The molecule has 2 aromatic rings. The minimum Gasteiger partial charge on any atom is -0.356 e. The van der Waals surface area contributed by atoms with Gasteiger partial charge in [0.15, 0.2) is 6.29 Å². The molecule has 1 N–H and O–H groups in total. The molecule has 1 heterocycles. The van der Waals surface area contributed by atoms with Crippen molar-refractivity contribution >= 4 is 0 Å². The summed E-state index contributed by atoms with van der Waals surface area (Å²) in [6.07, 6.45) is 10.2. The highest BCUT2D eigenvalue weighted by atomic mass is 16.7. The Balaban J connectivity index is 1.23. The van der Waals surface area contributed by atoms with E-state index in [1.807, 2.05) is 0 Å². The van der Waals surface area contributed by atoms with E-state index in [0.29, 0.717) is 12.1 Å². The Kier molecular flexibility index (Phi) is 5.47. The second-order valence-electron chi connectivity index (χ2n) is 9.12. The van der Waals surface area contributed by atoms with Crippen molar-refractivity contribution in [3.8, 4) is 0 Å². The van der Waals surface area contributed by atoms with Crippen molar-refractivity contribution in [2.45, 2.75) is 81.8 Å². The van der Waals surface area contributed by atoms with Gasteiger partial charge >= 0.3 is 0 Å². The lowest BCUT2D eigenvalue weighted by Gasteiger charge is -2.46. The van der Waals surface area contributed by atoms with Gasteiger partial charge in [-0.3, -0.25) is 0 Å². The molecule has 3 aliphatic rings. The third-order valence-electron chi connectivity index (χ3n) is 7.42. The molecule has 0 bridgehead atoms. The summed E-state index contributed by atoms with van der Waals surface area (Å²) in [6, 6.07) is 19.0. The van der Waals surface area contributed by atoms with Gasteiger partial charge in [-0.25, -0.2) is 0 Å². The molecular weight excluding hydrogens is 358 g/mol. The molecule has 1 saturated carbocycles. The van der Waals surface area contributed by atoms with Gasteiger partial charge in [-0.05, 0) is 73.6 Å². The number of methoxy groups -OCH3 is 1. The molecule has 1 spiro atoms. The summed E-state index contributed by atoms with van der Waals surface area (Å²) in [5, 5.41) is 4.02. The predicted molar refractivity (Wildman–Crippen MR) is 116 cm³/mol. The van der Waals surface area contributed by atoms with Crippen molar-refractivity contribution in [1.29, 1.82) is 0 Å². The molecule has 0 saturated heterocycles.